The van der Waals surface area contributed by atoms with Gasteiger partial charge in [0.05, 0.1) is 5.02 Å². The van der Waals surface area contributed by atoms with Gasteiger partial charge in [0.1, 0.15) is 0 Å². The summed E-state index contributed by atoms with van der Waals surface area (Å²) in [7, 11) is 0. The molecule has 0 radical (unpaired) electrons. The summed E-state index contributed by atoms with van der Waals surface area (Å²) in [6.45, 7) is 1.82. The largest absolute Gasteiger partial charge is 0.218 e. The van der Waals surface area contributed by atoms with Gasteiger partial charge in [-0.1, -0.05) is 64.1 Å². The molecule has 0 atom stereocenters. The zero-order valence-corrected chi connectivity index (χ0v) is 10.3. The fourth-order valence-corrected chi connectivity index (χ4v) is 2.45. The van der Waals surface area contributed by atoms with E-state index in [4.69, 9.17) is 58.0 Å². The van der Waals surface area contributed by atoms with Gasteiger partial charge in [0.15, 0.2) is 0 Å². The summed E-state index contributed by atoms with van der Waals surface area (Å²) in [5.74, 6) is 0. The maximum absolute atomic E-state index is 5.95. The van der Waals surface area contributed by atoms with E-state index in [0.29, 0.717) is 15.6 Å². The highest BCUT2D eigenvalue weighted by Crippen LogP contribution is 2.46. The minimum absolute atomic E-state index is 0.334. The van der Waals surface area contributed by atoms with E-state index < -0.39 is 3.79 Å². The highest BCUT2D eigenvalue weighted by atomic mass is 35.6. The van der Waals surface area contributed by atoms with Crippen LogP contribution in [0.1, 0.15) is 11.1 Å². The summed E-state index contributed by atoms with van der Waals surface area (Å²) in [6, 6.07) is 3.42. The number of benzene rings is 1. The molecule has 0 bridgehead atoms. The average Bonchev–Trinajstić information content (AvgIpc) is 1.95. The second kappa shape index (κ2) is 4.04. The summed E-state index contributed by atoms with van der Waals surface area (Å²) in [4.78, 5) is 0. The van der Waals surface area contributed by atoms with E-state index in [-0.39, 0.29) is 0 Å². The first-order chi connectivity index (χ1) is 5.84. The number of aryl methyl sites for hydroxylation is 1. The van der Waals surface area contributed by atoms with Crippen molar-refractivity contribution >= 4 is 58.0 Å². The Morgan fingerprint density at radius 2 is 1.62 bits per heavy atom. The molecule has 1 aromatic carbocycles. The van der Waals surface area contributed by atoms with Crippen LogP contribution in [-0.4, -0.2) is 0 Å². The quantitative estimate of drug-likeness (QED) is 0.577. The highest BCUT2D eigenvalue weighted by Gasteiger charge is 2.29. The Kier molecular flexibility index (Phi) is 3.65. The van der Waals surface area contributed by atoms with E-state index in [0.717, 1.165) is 5.56 Å². The lowest BCUT2D eigenvalue weighted by Crippen LogP contribution is -2.03. The molecule has 5 heteroatoms. The van der Waals surface area contributed by atoms with Gasteiger partial charge in [-0.15, -0.1) is 0 Å². The number of hydrogen-bond acceptors (Lipinski definition) is 0. The second-order valence-corrected chi connectivity index (χ2v) is 5.62. The molecule has 1 rings (SSSR count). The van der Waals surface area contributed by atoms with Crippen LogP contribution >= 0.6 is 58.0 Å². The van der Waals surface area contributed by atoms with Gasteiger partial charge in [-0.3, -0.25) is 0 Å². The van der Waals surface area contributed by atoms with Gasteiger partial charge < -0.3 is 0 Å². The Morgan fingerprint density at radius 3 is 2.00 bits per heavy atom. The molecular weight excluding hydrogens is 273 g/mol. The van der Waals surface area contributed by atoms with Crippen molar-refractivity contribution in [2.24, 2.45) is 0 Å². The van der Waals surface area contributed by atoms with Crippen LogP contribution in [0.3, 0.4) is 0 Å². The van der Waals surface area contributed by atoms with Gasteiger partial charge in [-0.05, 0) is 18.6 Å². The zero-order chi connectivity index (χ0) is 10.2. The molecule has 0 aliphatic heterocycles. The fraction of sp³-hybridized carbons (Fsp3) is 0.250. The van der Waals surface area contributed by atoms with Gasteiger partial charge in [-0.25, -0.2) is 0 Å². The van der Waals surface area contributed by atoms with E-state index in [9.17, 15) is 0 Å². The minimum atomic E-state index is -1.58. The first kappa shape index (κ1) is 11.7. The molecule has 0 amide bonds. The molecule has 0 aliphatic rings. The Balaban J connectivity index is 3.43. The van der Waals surface area contributed by atoms with Crippen molar-refractivity contribution in [2.45, 2.75) is 10.7 Å². The second-order valence-electron chi connectivity index (χ2n) is 2.55. The van der Waals surface area contributed by atoms with Gasteiger partial charge in [0.2, 0.25) is 3.79 Å². The number of rotatable bonds is 0. The van der Waals surface area contributed by atoms with Crippen LogP contribution in [0.5, 0.6) is 0 Å². The van der Waals surface area contributed by atoms with Crippen LogP contribution in [0.4, 0.5) is 0 Å². The molecule has 0 aliphatic carbocycles. The van der Waals surface area contributed by atoms with Crippen LogP contribution in [0.25, 0.3) is 0 Å². The number of hydrogen-bond donors (Lipinski definition) is 0. The maximum atomic E-state index is 5.95. The molecule has 0 N–H and O–H groups in total. The summed E-state index contributed by atoms with van der Waals surface area (Å²) < 4.78 is -1.58. The normalized spacial score (nSPS) is 11.8. The minimum Gasteiger partial charge on any atom is -0.0838 e. The molecule has 72 valence electrons. The Hall–Kier alpha value is 0.670. The predicted molar refractivity (Wildman–Crippen MR) is 60.4 cm³/mol. The number of alkyl halides is 3. The monoisotopic (exact) mass is 276 g/mol. The topological polar surface area (TPSA) is 0 Å². The molecule has 0 aromatic heterocycles. The van der Waals surface area contributed by atoms with Crippen molar-refractivity contribution in [2.75, 3.05) is 0 Å². The summed E-state index contributed by atoms with van der Waals surface area (Å²) in [5.41, 5.74) is 1.16. The van der Waals surface area contributed by atoms with E-state index in [2.05, 4.69) is 0 Å². The van der Waals surface area contributed by atoms with Crippen molar-refractivity contribution in [3.05, 3.63) is 33.3 Å². The molecule has 0 spiro atoms. The maximum Gasteiger partial charge on any atom is 0.218 e. The van der Waals surface area contributed by atoms with Crippen LogP contribution in [0, 0.1) is 6.92 Å². The molecule has 0 heterocycles. The predicted octanol–water partition coefficient (Wildman–Crippen LogP) is 5.13. The average molecular weight is 278 g/mol. The summed E-state index contributed by atoms with van der Waals surface area (Å²) in [5, 5.41) is 0.753. The molecule has 0 saturated carbocycles. The lowest BCUT2D eigenvalue weighted by Gasteiger charge is -2.16. The third-order valence-electron chi connectivity index (χ3n) is 1.57. The smallest absolute Gasteiger partial charge is 0.0838 e. The lowest BCUT2D eigenvalue weighted by molar-refractivity contribution is 1.22. The Bertz CT molecular complexity index is 326. The SMILES string of the molecule is Cc1ccc(Cl)c(C(Cl)(Cl)Cl)c1Cl. The van der Waals surface area contributed by atoms with Crippen molar-refractivity contribution in [3.8, 4) is 0 Å². The highest BCUT2D eigenvalue weighted by molar-refractivity contribution is 6.67. The lowest BCUT2D eigenvalue weighted by atomic mass is 10.1. The van der Waals surface area contributed by atoms with Crippen molar-refractivity contribution in [1.29, 1.82) is 0 Å². The Morgan fingerprint density at radius 1 is 1.08 bits per heavy atom. The van der Waals surface area contributed by atoms with Gasteiger partial charge in [0.25, 0.3) is 0 Å². The van der Waals surface area contributed by atoms with Gasteiger partial charge in [-0.2, -0.15) is 0 Å². The van der Waals surface area contributed by atoms with Crippen LogP contribution < -0.4 is 0 Å². The zero-order valence-electron chi connectivity index (χ0n) is 6.54. The van der Waals surface area contributed by atoms with Crippen molar-refractivity contribution in [1.82, 2.24) is 0 Å². The molecule has 0 nitrogen and oxygen atoms in total. The molecular formula is C8H5Cl5. The van der Waals surface area contributed by atoms with Crippen molar-refractivity contribution in [3.63, 3.8) is 0 Å². The van der Waals surface area contributed by atoms with E-state index >= 15 is 0 Å². The molecule has 1 aromatic rings. The van der Waals surface area contributed by atoms with Crippen LogP contribution in [-0.2, 0) is 3.79 Å². The molecule has 0 unspecified atom stereocenters. The standard InChI is InChI=1S/C8H5Cl5/c1-4-2-3-5(9)6(7(4)10)8(11,12)13/h2-3H,1H3. The Labute approximate surface area is 102 Å². The number of halogens is 5. The van der Waals surface area contributed by atoms with E-state index in [1.807, 2.05) is 6.92 Å². The third kappa shape index (κ3) is 2.57. The van der Waals surface area contributed by atoms with E-state index in [1.165, 1.54) is 0 Å². The third-order valence-corrected chi connectivity index (χ3v) is 2.94. The molecule has 13 heavy (non-hydrogen) atoms. The first-order valence-corrected chi connectivity index (χ1v) is 5.25. The van der Waals surface area contributed by atoms with Crippen LogP contribution in [0.2, 0.25) is 10.0 Å². The van der Waals surface area contributed by atoms with Crippen molar-refractivity contribution < 1.29 is 0 Å². The fourth-order valence-electron chi connectivity index (χ4n) is 0.917. The first-order valence-electron chi connectivity index (χ1n) is 3.36. The van der Waals surface area contributed by atoms with E-state index in [1.54, 1.807) is 12.1 Å². The van der Waals surface area contributed by atoms with Gasteiger partial charge in [0, 0.05) is 10.6 Å². The molecule has 0 saturated heterocycles. The summed E-state index contributed by atoms with van der Waals surface area (Å²) in [6.07, 6.45) is 0. The van der Waals surface area contributed by atoms with Crippen LogP contribution in [0.15, 0.2) is 12.1 Å². The molecule has 0 fully saturated rings. The summed E-state index contributed by atoms with van der Waals surface area (Å²) >= 11 is 28.9. The van der Waals surface area contributed by atoms with Gasteiger partial charge >= 0.3 is 0 Å².